The number of hydrogen-bond acceptors (Lipinski definition) is 3. The Bertz CT molecular complexity index is 502. The van der Waals surface area contributed by atoms with Gasteiger partial charge in [-0.15, -0.1) is 0 Å². The van der Waals surface area contributed by atoms with Crippen molar-refractivity contribution in [2.45, 2.75) is 26.8 Å². The first-order chi connectivity index (χ1) is 7.58. The van der Waals surface area contributed by atoms with Crippen LogP contribution in [0.5, 0.6) is 0 Å². The molecule has 3 nitrogen and oxygen atoms in total. The van der Waals surface area contributed by atoms with Crippen LogP contribution in [0.1, 0.15) is 34.5 Å². The molecule has 0 radical (unpaired) electrons. The summed E-state index contributed by atoms with van der Waals surface area (Å²) in [7, 11) is 0. The molecule has 16 heavy (non-hydrogen) atoms. The Hall–Kier alpha value is -1.61. The van der Waals surface area contributed by atoms with Gasteiger partial charge in [0.25, 0.3) is 0 Å². The lowest BCUT2D eigenvalue weighted by atomic mass is 10.0. The third-order valence-electron chi connectivity index (χ3n) is 2.67. The highest BCUT2D eigenvalue weighted by molar-refractivity contribution is 5.30. The Kier molecular flexibility index (Phi) is 2.79. The van der Waals surface area contributed by atoms with Crippen LogP contribution in [-0.4, -0.2) is 4.98 Å². The van der Waals surface area contributed by atoms with Crippen LogP contribution in [0.15, 0.2) is 28.7 Å². The van der Waals surface area contributed by atoms with E-state index in [1.165, 1.54) is 0 Å². The Balaban J connectivity index is 2.37. The van der Waals surface area contributed by atoms with Crippen molar-refractivity contribution >= 4 is 0 Å². The van der Waals surface area contributed by atoms with Crippen molar-refractivity contribution in [1.29, 1.82) is 0 Å². The van der Waals surface area contributed by atoms with Gasteiger partial charge in [-0.25, -0.2) is 0 Å². The quantitative estimate of drug-likeness (QED) is 0.839. The van der Waals surface area contributed by atoms with E-state index in [4.69, 9.17) is 10.2 Å². The summed E-state index contributed by atoms with van der Waals surface area (Å²) in [6.45, 7) is 5.85. The zero-order valence-electron chi connectivity index (χ0n) is 9.82. The van der Waals surface area contributed by atoms with Crippen LogP contribution in [0, 0.1) is 20.8 Å². The molecule has 0 bridgehead atoms. The number of aryl methyl sites for hydroxylation is 3. The molecule has 0 aliphatic heterocycles. The van der Waals surface area contributed by atoms with Crippen molar-refractivity contribution in [2.75, 3.05) is 0 Å². The van der Waals surface area contributed by atoms with Crippen molar-refractivity contribution in [3.8, 4) is 0 Å². The number of furan rings is 1. The molecule has 1 atom stereocenters. The summed E-state index contributed by atoms with van der Waals surface area (Å²) in [6, 6.07) is 7.59. The van der Waals surface area contributed by atoms with E-state index < -0.39 is 0 Å². The molecule has 2 aromatic rings. The largest absolute Gasteiger partial charge is 0.464 e. The van der Waals surface area contributed by atoms with Crippen molar-refractivity contribution in [3.05, 3.63) is 52.7 Å². The number of rotatable bonds is 2. The predicted molar refractivity (Wildman–Crippen MR) is 63.2 cm³/mol. The first-order valence-electron chi connectivity index (χ1n) is 5.34. The highest BCUT2D eigenvalue weighted by atomic mass is 16.3. The molecule has 2 N–H and O–H groups in total. The van der Waals surface area contributed by atoms with Crippen LogP contribution in [0.4, 0.5) is 0 Å². The number of nitrogens with two attached hydrogens (primary N) is 1. The van der Waals surface area contributed by atoms with Gasteiger partial charge in [0.1, 0.15) is 11.5 Å². The summed E-state index contributed by atoms with van der Waals surface area (Å²) in [5.74, 6) is 1.66. The third-order valence-corrected chi connectivity index (χ3v) is 2.67. The lowest BCUT2D eigenvalue weighted by molar-refractivity contribution is 0.465. The molecule has 3 heteroatoms. The average Bonchev–Trinajstić information content (AvgIpc) is 2.64. The van der Waals surface area contributed by atoms with Gasteiger partial charge in [-0.3, -0.25) is 4.98 Å². The standard InChI is InChI=1S/C13H16N2O/c1-8-4-6-11(10(3)15-8)13(14)12-7-5-9(2)16-12/h4-7,13H,14H2,1-3H3. The normalized spacial score (nSPS) is 12.8. The Labute approximate surface area is 95.3 Å². The zero-order valence-corrected chi connectivity index (χ0v) is 9.82. The van der Waals surface area contributed by atoms with Crippen LogP contribution >= 0.6 is 0 Å². The summed E-state index contributed by atoms with van der Waals surface area (Å²) < 4.78 is 5.53. The molecule has 84 valence electrons. The number of aromatic nitrogens is 1. The Morgan fingerprint density at radius 2 is 1.88 bits per heavy atom. The molecule has 0 amide bonds. The van der Waals surface area contributed by atoms with E-state index >= 15 is 0 Å². The molecule has 0 fully saturated rings. The van der Waals surface area contributed by atoms with E-state index in [-0.39, 0.29) is 6.04 Å². The second-order valence-corrected chi connectivity index (χ2v) is 4.05. The SMILES string of the molecule is Cc1ccc(C(N)c2ccc(C)o2)c(C)n1. The molecule has 0 spiro atoms. The summed E-state index contributed by atoms with van der Waals surface area (Å²) in [5, 5.41) is 0. The molecule has 1 unspecified atom stereocenters. The zero-order chi connectivity index (χ0) is 11.7. The maximum atomic E-state index is 6.15. The maximum Gasteiger partial charge on any atom is 0.125 e. The average molecular weight is 216 g/mol. The number of hydrogen-bond donors (Lipinski definition) is 1. The van der Waals surface area contributed by atoms with E-state index in [0.29, 0.717) is 0 Å². The second kappa shape index (κ2) is 4.10. The minimum absolute atomic E-state index is 0.234. The summed E-state index contributed by atoms with van der Waals surface area (Å²) in [6.07, 6.45) is 0. The van der Waals surface area contributed by atoms with Crippen molar-refractivity contribution < 1.29 is 4.42 Å². The lowest BCUT2D eigenvalue weighted by Crippen LogP contribution is -2.13. The lowest BCUT2D eigenvalue weighted by Gasteiger charge is -2.12. The molecule has 2 aromatic heterocycles. The van der Waals surface area contributed by atoms with Crippen molar-refractivity contribution in [3.63, 3.8) is 0 Å². The van der Waals surface area contributed by atoms with E-state index in [9.17, 15) is 0 Å². The van der Waals surface area contributed by atoms with Gasteiger partial charge in [-0.1, -0.05) is 6.07 Å². The molecule has 0 saturated heterocycles. The molecule has 2 rings (SSSR count). The smallest absolute Gasteiger partial charge is 0.125 e. The van der Waals surface area contributed by atoms with Crippen LogP contribution in [0.25, 0.3) is 0 Å². The van der Waals surface area contributed by atoms with Crippen LogP contribution < -0.4 is 5.73 Å². The highest BCUT2D eigenvalue weighted by Crippen LogP contribution is 2.23. The van der Waals surface area contributed by atoms with Gasteiger partial charge < -0.3 is 10.2 Å². The molecule has 2 heterocycles. The molecule has 0 aliphatic rings. The van der Waals surface area contributed by atoms with Gasteiger partial charge in [-0.05, 0) is 44.5 Å². The molecular formula is C13H16N2O. The first-order valence-corrected chi connectivity index (χ1v) is 5.34. The second-order valence-electron chi connectivity index (χ2n) is 4.05. The van der Waals surface area contributed by atoms with Crippen LogP contribution in [0.2, 0.25) is 0 Å². The molecule has 0 aromatic carbocycles. The minimum atomic E-state index is -0.234. The van der Waals surface area contributed by atoms with E-state index in [0.717, 1.165) is 28.5 Å². The third kappa shape index (κ3) is 1.99. The van der Waals surface area contributed by atoms with E-state index in [2.05, 4.69) is 4.98 Å². The van der Waals surface area contributed by atoms with Gasteiger partial charge in [0.05, 0.1) is 6.04 Å². The van der Waals surface area contributed by atoms with Crippen molar-refractivity contribution in [2.24, 2.45) is 5.73 Å². The fraction of sp³-hybridized carbons (Fsp3) is 0.308. The molecular weight excluding hydrogens is 200 g/mol. The fourth-order valence-electron chi connectivity index (χ4n) is 1.80. The van der Waals surface area contributed by atoms with E-state index in [1.807, 2.05) is 45.0 Å². The molecule has 0 saturated carbocycles. The summed E-state index contributed by atoms with van der Waals surface area (Å²) in [4.78, 5) is 4.41. The fourth-order valence-corrected chi connectivity index (χ4v) is 1.80. The monoisotopic (exact) mass is 216 g/mol. The Morgan fingerprint density at radius 3 is 2.44 bits per heavy atom. The van der Waals surface area contributed by atoms with Gasteiger partial charge in [-0.2, -0.15) is 0 Å². The first kappa shape index (κ1) is 10.9. The topological polar surface area (TPSA) is 52.0 Å². The molecule has 0 aliphatic carbocycles. The summed E-state index contributed by atoms with van der Waals surface area (Å²) in [5.41, 5.74) is 9.12. The predicted octanol–water partition coefficient (Wildman–Crippen LogP) is 2.65. The van der Waals surface area contributed by atoms with Gasteiger partial charge in [0, 0.05) is 11.4 Å². The van der Waals surface area contributed by atoms with Gasteiger partial charge >= 0.3 is 0 Å². The number of nitrogens with zero attached hydrogens (tertiary/aromatic N) is 1. The Morgan fingerprint density at radius 1 is 1.12 bits per heavy atom. The number of pyridine rings is 1. The van der Waals surface area contributed by atoms with E-state index in [1.54, 1.807) is 0 Å². The minimum Gasteiger partial charge on any atom is -0.464 e. The maximum absolute atomic E-state index is 6.15. The van der Waals surface area contributed by atoms with Crippen molar-refractivity contribution in [1.82, 2.24) is 4.98 Å². The highest BCUT2D eigenvalue weighted by Gasteiger charge is 2.15. The van der Waals surface area contributed by atoms with Crippen LogP contribution in [-0.2, 0) is 0 Å². The summed E-state index contributed by atoms with van der Waals surface area (Å²) >= 11 is 0. The van der Waals surface area contributed by atoms with Crippen LogP contribution in [0.3, 0.4) is 0 Å². The van der Waals surface area contributed by atoms with Gasteiger partial charge in [0.15, 0.2) is 0 Å². The van der Waals surface area contributed by atoms with Gasteiger partial charge in [0.2, 0.25) is 0 Å².